The molecule has 60 heavy (non-hydrogen) atoms. The van der Waals surface area contributed by atoms with Crippen LogP contribution in [-0.4, -0.2) is 132 Å². The Morgan fingerprint density at radius 1 is 0.767 bits per heavy atom. The summed E-state index contributed by atoms with van der Waals surface area (Å²) in [6.45, 7) is 2.16. The monoisotopic (exact) mass is 892 g/mol. The number of imidazole rings is 2. The molecule has 4 aromatic heterocycles. The number of carbonyl (C=O) groups excluding carboxylic acids is 2. The maximum Gasteiger partial charge on any atom is 0.510 e. The van der Waals surface area contributed by atoms with Crippen LogP contribution in [0, 0.1) is 0 Å². The average molecular weight is 893 g/mol. The van der Waals surface area contributed by atoms with Gasteiger partial charge in [0.05, 0.1) is 38.1 Å². The number of ether oxygens (including phenoxy) is 6. The molecule has 3 saturated heterocycles. The molecule has 0 amide bonds. The molecule has 3 aliphatic heterocycles. The number of alkyl halides is 1. The van der Waals surface area contributed by atoms with Gasteiger partial charge in [-0.25, -0.2) is 62.1 Å². The number of aliphatic hydroxyl groups is 1. The topological polar surface area (TPSA) is 339 Å². The summed E-state index contributed by atoms with van der Waals surface area (Å²) in [4.78, 5) is 48.7. The lowest BCUT2D eigenvalue weighted by Crippen LogP contribution is -2.35. The molecular formula is C30H39FN10O17P2. The van der Waals surface area contributed by atoms with Gasteiger partial charge >= 0.3 is 28.0 Å². The van der Waals surface area contributed by atoms with Crippen LogP contribution in [0.5, 0.6) is 0 Å². The smallest absolute Gasteiger partial charge is 0.432 e. The molecule has 5 N–H and O–H groups in total. The number of halogens is 1. The standard InChI is InChI=1S/C30H39FN10O17P2/c1-13(2)53-29(43)47-11-51-59(45)49-5-15-20(42)22(28(55-15)41-10-39-19-24(33)35-8-37-26(19)41)58-60(46,52-12-48-30(44)54-14(3)4)50-6-16-21(57-59)17(31)27(56-16)40-9-38-18-23(32)34-7-36-25(18)40/h7-10,13-17,20-22,27-28,42H,5-6,11-12H2,1-4H3,(H2,32,34,36)(H2,33,35,37)/t15?,16-,17?,20?,21?,22?,27-,28?,59?,60?/m1/s1. The lowest BCUT2D eigenvalue weighted by molar-refractivity contribution is -0.0815. The van der Waals surface area contributed by atoms with Crippen LogP contribution < -0.4 is 11.5 Å². The lowest BCUT2D eigenvalue weighted by Gasteiger charge is -2.28. The molecule has 328 valence electrons. The highest BCUT2D eigenvalue weighted by Crippen LogP contribution is 2.58. The van der Waals surface area contributed by atoms with Gasteiger partial charge in [0.25, 0.3) is 0 Å². The zero-order valence-corrected chi connectivity index (χ0v) is 33.7. The number of aromatic nitrogens is 8. The minimum atomic E-state index is -5.13. The van der Waals surface area contributed by atoms with E-state index < -0.39 is 116 Å². The predicted octanol–water partition coefficient (Wildman–Crippen LogP) is 2.43. The number of aliphatic hydroxyl groups excluding tert-OH is 1. The number of hydrogen-bond acceptors (Lipinski definition) is 25. The SMILES string of the molecule is CC(C)OC(=O)OCOP1(=O)OC[C@H]2O[C@@H](n3cnc4c(N)ncnc43)C(F)C2OP(=O)(OCOC(=O)OC(C)C)OCC2OC(n3cnc4c(N)ncnc43)C(O1)C2O. The van der Waals surface area contributed by atoms with Crippen LogP contribution in [0.1, 0.15) is 40.2 Å². The number of fused-ring (bicyclic) bond motifs is 5. The maximum absolute atomic E-state index is 16.8. The first kappa shape index (κ1) is 43.4. The lowest BCUT2D eigenvalue weighted by atomic mass is 10.1. The van der Waals surface area contributed by atoms with Gasteiger partial charge in [-0.05, 0) is 27.7 Å². The molecule has 3 fully saturated rings. The molecular weight excluding hydrogens is 853 g/mol. The minimum Gasteiger partial charge on any atom is -0.432 e. The molecule has 4 aromatic rings. The second kappa shape index (κ2) is 17.7. The van der Waals surface area contributed by atoms with Crippen LogP contribution in [0.15, 0.2) is 25.3 Å². The molecule has 27 nitrogen and oxygen atoms in total. The molecule has 2 bridgehead atoms. The van der Waals surface area contributed by atoms with Gasteiger partial charge in [-0.3, -0.25) is 27.2 Å². The summed E-state index contributed by atoms with van der Waals surface area (Å²) in [7, 11) is -10.3. The first-order valence-electron chi connectivity index (χ1n) is 17.9. The highest BCUT2D eigenvalue weighted by atomic mass is 31.2. The van der Waals surface area contributed by atoms with Gasteiger partial charge in [-0.15, -0.1) is 0 Å². The maximum atomic E-state index is 16.8. The summed E-state index contributed by atoms with van der Waals surface area (Å²) in [5, 5.41) is 11.6. The third-order valence-electron chi connectivity index (χ3n) is 8.64. The van der Waals surface area contributed by atoms with Crippen molar-refractivity contribution in [3.05, 3.63) is 25.3 Å². The number of nitrogen functional groups attached to an aromatic ring is 2. The Labute approximate surface area is 337 Å². The fourth-order valence-electron chi connectivity index (χ4n) is 6.04. The van der Waals surface area contributed by atoms with E-state index in [4.69, 9.17) is 67.0 Å². The quantitative estimate of drug-likeness (QED) is 0.117. The number of hydrogen-bond donors (Lipinski definition) is 3. The molecule has 0 saturated carbocycles. The number of phosphoric ester groups is 2. The van der Waals surface area contributed by atoms with Crippen molar-refractivity contribution >= 4 is 61.9 Å². The van der Waals surface area contributed by atoms with E-state index in [0.717, 1.165) is 23.5 Å². The zero-order valence-electron chi connectivity index (χ0n) is 31.9. The molecule has 0 aliphatic carbocycles. The molecule has 0 spiro atoms. The second-order valence-corrected chi connectivity index (χ2v) is 16.7. The van der Waals surface area contributed by atoms with Crippen molar-refractivity contribution in [2.75, 3.05) is 38.3 Å². The van der Waals surface area contributed by atoms with Gasteiger partial charge in [0.2, 0.25) is 13.6 Å². The van der Waals surface area contributed by atoms with Gasteiger partial charge < -0.3 is 45.0 Å². The Morgan fingerprint density at radius 2 is 1.23 bits per heavy atom. The normalized spacial score (nSPS) is 31.1. The summed E-state index contributed by atoms with van der Waals surface area (Å²) in [6, 6.07) is 0. The molecule has 8 unspecified atom stereocenters. The molecule has 30 heteroatoms. The van der Waals surface area contributed by atoms with Crippen LogP contribution in [0.3, 0.4) is 0 Å². The fourth-order valence-corrected chi connectivity index (χ4v) is 8.53. The second-order valence-electron chi connectivity index (χ2n) is 13.5. The summed E-state index contributed by atoms with van der Waals surface area (Å²) < 4.78 is 113. The summed E-state index contributed by atoms with van der Waals surface area (Å²) in [5.74, 6) is -0.0623. The molecule has 7 heterocycles. The Kier molecular flexibility index (Phi) is 12.8. The van der Waals surface area contributed by atoms with E-state index in [1.165, 1.54) is 10.9 Å². The number of nitrogens with zero attached hydrogens (tertiary/aromatic N) is 8. The Balaban J connectivity index is 1.25. The highest BCUT2D eigenvalue weighted by Gasteiger charge is 2.55. The third kappa shape index (κ3) is 9.27. The first-order valence-corrected chi connectivity index (χ1v) is 20.8. The van der Waals surface area contributed by atoms with E-state index in [9.17, 15) is 23.8 Å². The highest BCUT2D eigenvalue weighted by molar-refractivity contribution is 7.48. The van der Waals surface area contributed by atoms with Crippen LogP contribution in [0.4, 0.5) is 25.6 Å². The van der Waals surface area contributed by atoms with E-state index in [-0.39, 0.29) is 34.0 Å². The first-order chi connectivity index (χ1) is 28.5. The molecule has 0 radical (unpaired) electrons. The summed E-state index contributed by atoms with van der Waals surface area (Å²) in [6.07, 6.45) is -13.4. The fraction of sp³-hybridized carbons (Fsp3) is 0.600. The molecule has 10 atom stereocenters. The van der Waals surface area contributed by atoms with Crippen molar-refractivity contribution in [1.82, 2.24) is 39.0 Å². The van der Waals surface area contributed by atoms with Crippen LogP contribution in [0.2, 0.25) is 0 Å². The summed E-state index contributed by atoms with van der Waals surface area (Å²) >= 11 is 0. The molecule has 0 aromatic carbocycles. The Hall–Kier alpha value is -4.73. The van der Waals surface area contributed by atoms with Crippen molar-refractivity contribution in [2.45, 2.75) is 89.1 Å². The van der Waals surface area contributed by atoms with Gasteiger partial charge in [-0.2, -0.15) is 0 Å². The number of nitrogens with two attached hydrogens (primary N) is 2. The Morgan fingerprint density at radius 3 is 1.75 bits per heavy atom. The minimum absolute atomic E-state index is 0.0215. The third-order valence-corrected chi connectivity index (χ3v) is 11.4. The van der Waals surface area contributed by atoms with Crippen LogP contribution in [0.25, 0.3) is 22.3 Å². The van der Waals surface area contributed by atoms with Crippen molar-refractivity contribution < 1.29 is 83.8 Å². The summed E-state index contributed by atoms with van der Waals surface area (Å²) in [5.41, 5.74) is 12.2. The van der Waals surface area contributed by atoms with Crippen LogP contribution >= 0.6 is 15.6 Å². The number of anilines is 2. The van der Waals surface area contributed by atoms with E-state index in [2.05, 4.69) is 29.9 Å². The van der Waals surface area contributed by atoms with Gasteiger partial charge in [0, 0.05) is 0 Å². The van der Waals surface area contributed by atoms with Crippen molar-refractivity contribution in [2.24, 2.45) is 0 Å². The molecule has 7 rings (SSSR count). The van der Waals surface area contributed by atoms with E-state index in [0.29, 0.717) is 0 Å². The van der Waals surface area contributed by atoms with Gasteiger partial charge in [-0.1, -0.05) is 0 Å². The Bertz CT molecular complexity index is 2290. The average Bonchev–Trinajstić information content (AvgIpc) is 3.94. The largest absolute Gasteiger partial charge is 0.510 e. The number of rotatable bonds is 10. The zero-order chi connectivity index (χ0) is 42.9. The van der Waals surface area contributed by atoms with Gasteiger partial charge in [0.1, 0.15) is 54.2 Å². The van der Waals surface area contributed by atoms with E-state index in [1.54, 1.807) is 27.7 Å². The van der Waals surface area contributed by atoms with Crippen molar-refractivity contribution in [3.8, 4) is 0 Å². The van der Waals surface area contributed by atoms with Crippen molar-refractivity contribution in [3.63, 3.8) is 0 Å². The molecule has 3 aliphatic rings. The van der Waals surface area contributed by atoms with Crippen molar-refractivity contribution in [1.29, 1.82) is 0 Å². The number of phosphoric acid groups is 2. The van der Waals surface area contributed by atoms with E-state index in [1.807, 2.05) is 0 Å². The van der Waals surface area contributed by atoms with E-state index >= 15 is 4.39 Å². The predicted molar refractivity (Wildman–Crippen MR) is 192 cm³/mol. The van der Waals surface area contributed by atoms with Crippen LogP contribution in [-0.2, 0) is 64.7 Å². The number of carbonyl (C=O) groups is 2. The van der Waals surface area contributed by atoms with Gasteiger partial charge in [0.15, 0.2) is 41.6 Å².